The van der Waals surface area contributed by atoms with Gasteiger partial charge in [-0.05, 0) is 0 Å². The van der Waals surface area contributed by atoms with Gasteiger partial charge in [-0.15, -0.1) is 10.2 Å². The van der Waals surface area contributed by atoms with Crippen molar-refractivity contribution in [2.24, 2.45) is 10.5 Å². The summed E-state index contributed by atoms with van der Waals surface area (Å²) >= 11 is 12.8. The first kappa shape index (κ1) is 14.8. The van der Waals surface area contributed by atoms with Crippen LogP contribution in [-0.2, 0) is 9.75 Å². The number of alkyl halides is 2. The van der Waals surface area contributed by atoms with Gasteiger partial charge in [-0.2, -0.15) is 9.78 Å². The van der Waals surface area contributed by atoms with Gasteiger partial charge in [0.25, 0.3) is 0 Å². The summed E-state index contributed by atoms with van der Waals surface area (Å²) in [6.45, 7) is 9.62. The third kappa shape index (κ3) is 2.18. The molecule has 7 heteroatoms. The Morgan fingerprint density at radius 3 is 2.21 bits per heavy atom. The molecule has 2 heterocycles. The van der Waals surface area contributed by atoms with Crippen LogP contribution in [0.2, 0.25) is 0 Å². The first-order chi connectivity index (χ1) is 8.52. The van der Waals surface area contributed by atoms with Crippen molar-refractivity contribution in [1.29, 1.82) is 0 Å². The van der Waals surface area contributed by atoms with Crippen LogP contribution in [0.1, 0.15) is 46.3 Å². The normalized spacial score (nSPS) is 18.4. The lowest BCUT2D eigenvalue weighted by Crippen LogP contribution is -2.32. The predicted molar refractivity (Wildman–Crippen MR) is 75.8 cm³/mol. The van der Waals surface area contributed by atoms with Gasteiger partial charge in [0, 0.05) is 10.8 Å². The fraction of sp³-hybridized carbons (Fsp3) is 0.750. The first-order valence-corrected chi connectivity index (χ1v) is 6.82. The molecule has 0 bridgehead atoms. The maximum atomic E-state index is 9.46. The van der Waals surface area contributed by atoms with Gasteiger partial charge in [0.15, 0.2) is 11.6 Å². The summed E-state index contributed by atoms with van der Waals surface area (Å²) in [5.41, 5.74) is -0.222. The van der Waals surface area contributed by atoms with Crippen molar-refractivity contribution < 1.29 is 5.11 Å². The Bertz CT molecular complexity index is 540. The molecule has 2 rings (SSSR count). The van der Waals surface area contributed by atoms with Gasteiger partial charge in [0.05, 0.1) is 12.3 Å². The fourth-order valence-corrected chi connectivity index (χ4v) is 2.83. The lowest BCUT2D eigenvalue weighted by molar-refractivity contribution is 0.208. The van der Waals surface area contributed by atoms with E-state index in [4.69, 9.17) is 23.2 Å². The SMILES string of the molecule is CC(C)(C)C1=Nn2c(C(C)(C)CO)nnc2C1(Cl)Cl. The third-order valence-electron chi connectivity index (χ3n) is 3.13. The quantitative estimate of drug-likeness (QED) is 0.854. The number of nitrogens with zero attached hydrogens (tertiary/aromatic N) is 4. The van der Waals surface area contributed by atoms with Gasteiger partial charge < -0.3 is 5.11 Å². The number of halogens is 2. The molecule has 0 radical (unpaired) electrons. The Balaban J connectivity index is 2.61. The van der Waals surface area contributed by atoms with E-state index >= 15 is 0 Å². The van der Waals surface area contributed by atoms with E-state index < -0.39 is 9.75 Å². The van der Waals surface area contributed by atoms with E-state index in [2.05, 4.69) is 15.3 Å². The Kier molecular flexibility index (Phi) is 3.24. The van der Waals surface area contributed by atoms with Crippen LogP contribution in [0.25, 0.3) is 0 Å². The summed E-state index contributed by atoms with van der Waals surface area (Å²) in [5.74, 6) is 0.937. The number of aliphatic hydroxyl groups is 1. The van der Waals surface area contributed by atoms with Crippen LogP contribution < -0.4 is 0 Å². The summed E-state index contributed by atoms with van der Waals surface area (Å²) in [5, 5.41) is 22.1. The van der Waals surface area contributed by atoms with E-state index in [1.165, 1.54) is 0 Å². The summed E-state index contributed by atoms with van der Waals surface area (Å²) < 4.78 is 0.270. The molecule has 0 fully saturated rings. The second-order valence-corrected chi connectivity index (χ2v) is 7.80. The Hall–Kier alpha value is -0.650. The highest BCUT2D eigenvalue weighted by molar-refractivity contribution is 6.58. The van der Waals surface area contributed by atoms with Crippen LogP contribution in [0.4, 0.5) is 0 Å². The van der Waals surface area contributed by atoms with Gasteiger partial charge in [0.2, 0.25) is 4.33 Å². The summed E-state index contributed by atoms with van der Waals surface area (Å²) in [6, 6.07) is 0. The highest BCUT2D eigenvalue weighted by Crippen LogP contribution is 2.45. The lowest BCUT2D eigenvalue weighted by Gasteiger charge is -2.24. The molecule has 0 amide bonds. The third-order valence-corrected chi connectivity index (χ3v) is 3.83. The first-order valence-electron chi connectivity index (χ1n) is 6.07. The zero-order valence-electron chi connectivity index (χ0n) is 11.7. The van der Waals surface area contributed by atoms with Crippen LogP contribution >= 0.6 is 23.2 Å². The molecule has 19 heavy (non-hydrogen) atoms. The van der Waals surface area contributed by atoms with Gasteiger partial charge >= 0.3 is 0 Å². The van der Waals surface area contributed by atoms with E-state index in [0.717, 1.165) is 0 Å². The summed E-state index contributed by atoms with van der Waals surface area (Å²) in [4.78, 5) is 0. The molecule has 5 nitrogen and oxygen atoms in total. The van der Waals surface area contributed by atoms with E-state index in [1.54, 1.807) is 4.68 Å². The van der Waals surface area contributed by atoms with Crippen LogP contribution in [0, 0.1) is 5.41 Å². The average molecular weight is 305 g/mol. The second-order valence-electron chi connectivity index (χ2n) is 6.47. The molecular weight excluding hydrogens is 287 g/mol. The molecule has 106 valence electrons. The number of hydrogen-bond acceptors (Lipinski definition) is 4. The van der Waals surface area contributed by atoms with Crippen molar-refractivity contribution >= 4 is 28.9 Å². The van der Waals surface area contributed by atoms with Crippen LogP contribution in [-0.4, -0.2) is 32.3 Å². The Morgan fingerprint density at radius 1 is 1.16 bits per heavy atom. The van der Waals surface area contributed by atoms with Crippen LogP contribution in [0.15, 0.2) is 5.10 Å². The van der Waals surface area contributed by atoms with Crippen LogP contribution in [0.3, 0.4) is 0 Å². The smallest absolute Gasteiger partial charge is 0.219 e. The monoisotopic (exact) mass is 304 g/mol. The maximum Gasteiger partial charge on any atom is 0.219 e. The Morgan fingerprint density at radius 2 is 1.74 bits per heavy atom. The topological polar surface area (TPSA) is 63.3 Å². The van der Waals surface area contributed by atoms with Gasteiger partial charge in [-0.3, -0.25) is 0 Å². The standard InChI is InChI=1S/C12H18Cl2N4O/c1-10(2,3)7-12(13,14)9-16-15-8(18(9)17-7)11(4,5)6-19/h19H,6H2,1-5H3. The largest absolute Gasteiger partial charge is 0.395 e. The Labute approximate surface area is 122 Å². The van der Waals surface area contributed by atoms with E-state index in [0.29, 0.717) is 17.4 Å². The minimum atomic E-state index is -1.28. The van der Waals surface area contributed by atoms with Crippen LogP contribution in [0.5, 0.6) is 0 Å². The molecule has 0 aliphatic carbocycles. The van der Waals surface area contributed by atoms with Crippen molar-refractivity contribution in [1.82, 2.24) is 14.9 Å². The van der Waals surface area contributed by atoms with Gasteiger partial charge in [-0.1, -0.05) is 57.8 Å². The maximum absolute atomic E-state index is 9.46. The van der Waals surface area contributed by atoms with E-state index in [9.17, 15) is 5.11 Å². The minimum Gasteiger partial charge on any atom is -0.395 e. The molecule has 1 aromatic heterocycles. The molecule has 1 aliphatic rings. The summed E-state index contributed by atoms with van der Waals surface area (Å²) in [7, 11) is 0. The molecule has 1 aromatic rings. The molecule has 0 saturated carbocycles. The number of fused-ring (bicyclic) bond motifs is 1. The fourth-order valence-electron chi connectivity index (χ4n) is 1.95. The van der Waals surface area contributed by atoms with E-state index in [-0.39, 0.29) is 12.0 Å². The highest BCUT2D eigenvalue weighted by atomic mass is 35.5. The molecule has 0 saturated heterocycles. The minimum absolute atomic E-state index is 0.0664. The number of aromatic nitrogens is 3. The summed E-state index contributed by atoms with van der Waals surface area (Å²) in [6.07, 6.45) is 0. The molecule has 1 N–H and O–H groups in total. The van der Waals surface area contributed by atoms with Gasteiger partial charge in [0.1, 0.15) is 0 Å². The number of aliphatic hydroxyl groups excluding tert-OH is 1. The molecule has 1 aliphatic heterocycles. The molecule has 0 aromatic carbocycles. The van der Waals surface area contributed by atoms with Crippen molar-refractivity contribution in [2.75, 3.05) is 6.61 Å². The van der Waals surface area contributed by atoms with Crippen molar-refractivity contribution in [3.05, 3.63) is 11.6 Å². The number of rotatable bonds is 2. The molecular formula is C12H18Cl2N4O. The lowest BCUT2D eigenvalue weighted by atomic mass is 9.88. The van der Waals surface area contributed by atoms with Crippen molar-refractivity contribution in [3.63, 3.8) is 0 Å². The molecule has 0 atom stereocenters. The van der Waals surface area contributed by atoms with Crippen molar-refractivity contribution in [2.45, 2.75) is 44.4 Å². The van der Waals surface area contributed by atoms with Gasteiger partial charge in [-0.25, -0.2) is 0 Å². The average Bonchev–Trinajstić information content (AvgIpc) is 2.77. The van der Waals surface area contributed by atoms with Crippen molar-refractivity contribution in [3.8, 4) is 0 Å². The highest BCUT2D eigenvalue weighted by Gasteiger charge is 2.50. The predicted octanol–water partition coefficient (Wildman–Crippen LogP) is 2.44. The second kappa shape index (κ2) is 4.17. The zero-order valence-corrected chi connectivity index (χ0v) is 13.2. The van der Waals surface area contributed by atoms with E-state index in [1.807, 2.05) is 34.6 Å². The molecule has 0 unspecified atom stereocenters. The number of hydrogen-bond donors (Lipinski definition) is 1. The molecule has 0 spiro atoms. The zero-order chi connectivity index (χ0) is 14.6.